The van der Waals surface area contributed by atoms with E-state index < -0.39 is 0 Å². The molecule has 0 amide bonds. The van der Waals surface area contributed by atoms with Crippen LogP contribution in [0.4, 0.5) is 0 Å². The van der Waals surface area contributed by atoms with Crippen LogP contribution in [0.15, 0.2) is 47.5 Å². The van der Waals surface area contributed by atoms with E-state index in [2.05, 4.69) is 77.9 Å². The lowest BCUT2D eigenvalue weighted by Crippen LogP contribution is -2.05. The fraction of sp³-hybridized carbons (Fsp3) is 0.652. The van der Waals surface area contributed by atoms with Gasteiger partial charge in [0.25, 0.3) is 0 Å². The van der Waals surface area contributed by atoms with Crippen LogP contribution >= 0.6 is 0 Å². The molecule has 0 bridgehead atoms. The van der Waals surface area contributed by atoms with Gasteiger partial charge >= 0.3 is 0 Å². The zero-order valence-electron chi connectivity index (χ0n) is 32.3. The highest BCUT2D eigenvalue weighted by Gasteiger charge is 2.35. The molecule has 266 valence electrons. The van der Waals surface area contributed by atoms with Crippen LogP contribution < -0.4 is 0 Å². The van der Waals surface area contributed by atoms with Crippen molar-refractivity contribution < 1.29 is 4.70 Å². The summed E-state index contributed by atoms with van der Waals surface area (Å²) in [6.07, 6.45) is 28.8. The highest BCUT2D eigenvalue weighted by molar-refractivity contribution is 5.82. The molecule has 0 radical (unpaired) electrons. The first kappa shape index (κ1) is 40.0. The van der Waals surface area contributed by atoms with Crippen molar-refractivity contribution in [1.29, 1.82) is 0 Å². The second-order valence-electron chi connectivity index (χ2n) is 14.8. The number of benzene rings is 2. The van der Waals surface area contributed by atoms with Crippen molar-refractivity contribution in [2.45, 2.75) is 196 Å². The highest BCUT2D eigenvalue weighted by Crippen LogP contribution is 2.45. The Balaban J connectivity index is 2.19. The Morgan fingerprint density at radius 1 is 0.354 bits per heavy atom. The number of hydrogen-bond acceptors (Lipinski definition) is 0. The number of rotatable bonds is 26. The summed E-state index contributed by atoms with van der Waals surface area (Å²) in [7, 11) is 0. The molecular weight excluding hydrogens is 581 g/mol. The molecule has 2 aromatic rings. The van der Waals surface area contributed by atoms with E-state index in [0.29, 0.717) is 0 Å². The zero-order chi connectivity index (χ0) is 34.6. The normalized spacial score (nSPS) is 13.4. The van der Waals surface area contributed by atoms with Crippen LogP contribution in [0.1, 0.15) is 203 Å². The average Bonchev–Trinajstić information content (AvgIpc) is 3.37. The van der Waals surface area contributed by atoms with Gasteiger partial charge in [-0.05, 0) is 124 Å². The van der Waals surface area contributed by atoms with Gasteiger partial charge in [0.15, 0.2) is 0 Å². The SMILES string of the molecule is CCCCCCc1cc(CCCCCC)cc(C2=C(CCCCC)C(CCCCC)=C(c3cc(CCCC)cc(CCCC)c3)[N+]2=[N-])c1. The third-order valence-electron chi connectivity index (χ3n) is 10.3. The molecule has 0 aliphatic carbocycles. The summed E-state index contributed by atoms with van der Waals surface area (Å²) in [4.78, 5) is 0. The second kappa shape index (κ2) is 23.0. The van der Waals surface area contributed by atoms with Crippen LogP contribution in [-0.2, 0) is 25.7 Å². The molecule has 0 saturated heterocycles. The highest BCUT2D eigenvalue weighted by atomic mass is 15.2. The smallest absolute Gasteiger partial charge is 0.211 e. The molecule has 0 N–H and O–H groups in total. The molecule has 0 unspecified atom stereocenters. The largest absolute Gasteiger partial charge is 0.493 e. The van der Waals surface area contributed by atoms with E-state index in [1.807, 2.05) is 0 Å². The molecular formula is C46H72N2. The van der Waals surface area contributed by atoms with Gasteiger partial charge in [0.1, 0.15) is 0 Å². The van der Waals surface area contributed by atoms with Gasteiger partial charge in [-0.2, -0.15) is 0 Å². The van der Waals surface area contributed by atoms with E-state index in [0.717, 1.165) is 49.9 Å². The molecule has 3 rings (SSSR count). The van der Waals surface area contributed by atoms with Gasteiger partial charge < -0.3 is 5.53 Å². The van der Waals surface area contributed by atoms with Crippen molar-refractivity contribution in [2.75, 3.05) is 0 Å². The van der Waals surface area contributed by atoms with Gasteiger partial charge in [0, 0.05) is 22.3 Å². The molecule has 1 aliphatic rings. The minimum Gasteiger partial charge on any atom is -0.493 e. The number of hydrogen-bond donors (Lipinski definition) is 0. The molecule has 0 fully saturated rings. The van der Waals surface area contributed by atoms with E-state index in [-0.39, 0.29) is 0 Å². The van der Waals surface area contributed by atoms with Crippen LogP contribution in [0.25, 0.3) is 16.9 Å². The lowest BCUT2D eigenvalue weighted by Gasteiger charge is -2.15. The number of aryl methyl sites for hydroxylation is 4. The number of unbranched alkanes of at least 4 members (excludes halogenated alkanes) is 12. The lowest BCUT2D eigenvalue weighted by atomic mass is 9.89. The number of nitrogens with zero attached hydrogens (tertiary/aromatic N) is 2. The van der Waals surface area contributed by atoms with E-state index in [1.165, 1.54) is 160 Å². The fourth-order valence-electron chi connectivity index (χ4n) is 7.54. The van der Waals surface area contributed by atoms with Crippen LogP contribution in [0, 0.1) is 0 Å². The van der Waals surface area contributed by atoms with E-state index in [9.17, 15) is 5.53 Å². The van der Waals surface area contributed by atoms with Crippen molar-refractivity contribution in [3.8, 4) is 0 Å². The summed E-state index contributed by atoms with van der Waals surface area (Å²) < 4.78 is 1.67. The molecule has 0 aromatic heterocycles. The molecule has 48 heavy (non-hydrogen) atoms. The van der Waals surface area contributed by atoms with Crippen molar-refractivity contribution in [3.05, 3.63) is 86.5 Å². The Bertz CT molecular complexity index is 1250. The standard InChI is InChI=1S/C46H72N2/c1-7-13-19-23-27-39-32-40(28-24-20-14-8-2)36-42(35-39)46-44(30-22-16-10-4)43(29-21-15-9-3)45(48(46)47)41-33-37(25-17-11-5)31-38(34-41)26-18-12-6/h31-36H,7-30H2,1-6H3. The Morgan fingerprint density at radius 3 is 0.979 bits per heavy atom. The minimum atomic E-state index is 1.04. The average molecular weight is 653 g/mol. The van der Waals surface area contributed by atoms with Crippen molar-refractivity contribution in [2.24, 2.45) is 0 Å². The summed E-state index contributed by atoms with van der Waals surface area (Å²) in [6.45, 7) is 13.8. The van der Waals surface area contributed by atoms with Crippen LogP contribution in [0.5, 0.6) is 0 Å². The van der Waals surface area contributed by atoms with Gasteiger partial charge in [0.05, 0.1) is 0 Å². The van der Waals surface area contributed by atoms with Gasteiger partial charge in [-0.3, -0.25) is 0 Å². The van der Waals surface area contributed by atoms with Gasteiger partial charge in [-0.1, -0.05) is 131 Å². The molecule has 0 spiro atoms. The predicted octanol–water partition coefficient (Wildman–Crippen LogP) is 14.9. The van der Waals surface area contributed by atoms with Crippen molar-refractivity contribution in [3.63, 3.8) is 0 Å². The minimum absolute atomic E-state index is 1.04. The molecule has 0 atom stereocenters. The summed E-state index contributed by atoms with van der Waals surface area (Å²) in [6, 6.07) is 14.7. The zero-order valence-corrected chi connectivity index (χ0v) is 32.3. The van der Waals surface area contributed by atoms with Crippen molar-refractivity contribution >= 4 is 11.4 Å². The third kappa shape index (κ3) is 12.4. The molecule has 2 heteroatoms. The third-order valence-corrected chi connectivity index (χ3v) is 10.3. The first-order chi connectivity index (χ1) is 23.5. The van der Waals surface area contributed by atoms with E-state index in [4.69, 9.17) is 0 Å². The van der Waals surface area contributed by atoms with Crippen molar-refractivity contribution in [1.82, 2.24) is 0 Å². The molecule has 1 aliphatic heterocycles. The van der Waals surface area contributed by atoms with Gasteiger partial charge in [-0.25, -0.2) is 4.70 Å². The Hall–Kier alpha value is -2.48. The lowest BCUT2D eigenvalue weighted by molar-refractivity contribution is -0.345. The summed E-state index contributed by atoms with van der Waals surface area (Å²) in [5.41, 5.74) is 25.7. The van der Waals surface area contributed by atoms with Crippen LogP contribution in [0.3, 0.4) is 0 Å². The van der Waals surface area contributed by atoms with Gasteiger partial charge in [0.2, 0.25) is 11.4 Å². The first-order valence-electron chi connectivity index (χ1n) is 20.7. The quantitative estimate of drug-likeness (QED) is 0.0714. The Labute approximate surface area is 297 Å². The monoisotopic (exact) mass is 653 g/mol. The molecule has 0 saturated carbocycles. The summed E-state index contributed by atoms with van der Waals surface area (Å²) in [5.74, 6) is 0. The molecule has 1 heterocycles. The number of allylic oxidation sites excluding steroid dienone is 2. The Morgan fingerprint density at radius 2 is 0.646 bits per heavy atom. The maximum Gasteiger partial charge on any atom is 0.211 e. The fourth-order valence-corrected chi connectivity index (χ4v) is 7.54. The van der Waals surface area contributed by atoms with E-state index in [1.54, 1.807) is 4.70 Å². The predicted molar refractivity (Wildman–Crippen MR) is 212 cm³/mol. The summed E-state index contributed by atoms with van der Waals surface area (Å²) in [5, 5.41) is 0. The maximum absolute atomic E-state index is 12.5. The Kier molecular flexibility index (Phi) is 19.2. The molecule has 2 aromatic carbocycles. The van der Waals surface area contributed by atoms with Gasteiger partial charge in [-0.15, -0.1) is 0 Å². The summed E-state index contributed by atoms with van der Waals surface area (Å²) >= 11 is 0. The second-order valence-corrected chi connectivity index (χ2v) is 14.8. The van der Waals surface area contributed by atoms with Crippen LogP contribution in [0.2, 0.25) is 0 Å². The van der Waals surface area contributed by atoms with Crippen LogP contribution in [-0.4, -0.2) is 4.70 Å². The maximum atomic E-state index is 12.5. The van der Waals surface area contributed by atoms with E-state index >= 15 is 0 Å². The molecule has 2 nitrogen and oxygen atoms in total. The topological polar surface area (TPSA) is 25.3 Å². The first-order valence-corrected chi connectivity index (χ1v) is 20.7.